The van der Waals surface area contributed by atoms with Gasteiger partial charge in [-0.15, -0.1) is 0 Å². The molecule has 0 saturated heterocycles. The molecule has 72 valence electrons. The lowest BCUT2D eigenvalue weighted by molar-refractivity contribution is 0.332. The van der Waals surface area contributed by atoms with Gasteiger partial charge in [0.2, 0.25) is 0 Å². The van der Waals surface area contributed by atoms with Crippen molar-refractivity contribution in [1.29, 1.82) is 0 Å². The van der Waals surface area contributed by atoms with Crippen molar-refractivity contribution in [1.82, 2.24) is 0 Å². The SMILES string of the molecule is CCO[SiH2]CCC1CCCCC1. The maximum absolute atomic E-state index is 5.46. The predicted molar refractivity (Wildman–Crippen MR) is 56.2 cm³/mol. The molecule has 1 aliphatic carbocycles. The van der Waals surface area contributed by atoms with E-state index in [1.165, 1.54) is 44.6 Å². The molecular weight excluding hydrogens is 164 g/mol. The Morgan fingerprint density at radius 3 is 2.67 bits per heavy atom. The van der Waals surface area contributed by atoms with Gasteiger partial charge in [0.25, 0.3) is 0 Å². The van der Waals surface area contributed by atoms with Gasteiger partial charge in [-0.3, -0.25) is 0 Å². The van der Waals surface area contributed by atoms with Crippen molar-refractivity contribution in [2.24, 2.45) is 5.92 Å². The van der Waals surface area contributed by atoms with Crippen LogP contribution < -0.4 is 0 Å². The summed E-state index contributed by atoms with van der Waals surface area (Å²) < 4.78 is 5.46. The average molecular weight is 186 g/mol. The first-order valence-corrected chi connectivity index (χ1v) is 7.09. The lowest BCUT2D eigenvalue weighted by atomic mass is 9.88. The third kappa shape index (κ3) is 4.26. The van der Waals surface area contributed by atoms with E-state index in [0.717, 1.165) is 12.5 Å². The maximum Gasteiger partial charge on any atom is 0.161 e. The fourth-order valence-corrected chi connectivity index (χ4v) is 3.33. The Bertz CT molecular complexity index is 100. The van der Waals surface area contributed by atoms with E-state index in [2.05, 4.69) is 6.92 Å². The molecule has 1 rings (SSSR count). The highest BCUT2D eigenvalue weighted by Gasteiger charge is 2.12. The monoisotopic (exact) mass is 186 g/mol. The van der Waals surface area contributed by atoms with Crippen LogP contribution in [0.5, 0.6) is 0 Å². The van der Waals surface area contributed by atoms with Gasteiger partial charge in [-0.05, 0) is 18.9 Å². The minimum absolute atomic E-state index is 0.134. The van der Waals surface area contributed by atoms with Crippen molar-refractivity contribution >= 4 is 9.76 Å². The minimum atomic E-state index is -0.134. The summed E-state index contributed by atoms with van der Waals surface area (Å²) in [6.45, 7) is 3.05. The van der Waals surface area contributed by atoms with Crippen molar-refractivity contribution in [2.45, 2.75) is 51.5 Å². The zero-order valence-corrected chi connectivity index (χ0v) is 9.76. The highest BCUT2D eigenvalue weighted by Crippen LogP contribution is 2.27. The number of hydrogen-bond donors (Lipinski definition) is 0. The molecule has 1 fully saturated rings. The van der Waals surface area contributed by atoms with Crippen molar-refractivity contribution < 1.29 is 4.43 Å². The van der Waals surface area contributed by atoms with Gasteiger partial charge < -0.3 is 4.43 Å². The normalized spacial score (nSPS) is 20.8. The van der Waals surface area contributed by atoms with E-state index in [1.807, 2.05) is 0 Å². The smallest absolute Gasteiger partial charge is 0.161 e. The van der Waals surface area contributed by atoms with Crippen LogP contribution in [0.4, 0.5) is 0 Å². The highest BCUT2D eigenvalue weighted by molar-refractivity contribution is 6.26. The van der Waals surface area contributed by atoms with Crippen LogP contribution in [0.1, 0.15) is 45.4 Å². The maximum atomic E-state index is 5.46. The fourth-order valence-electron chi connectivity index (χ4n) is 2.09. The van der Waals surface area contributed by atoms with Crippen LogP contribution in [0.25, 0.3) is 0 Å². The Hall–Kier alpha value is 0.177. The molecule has 0 radical (unpaired) electrons. The largest absolute Gasteiger partial charge is 0.424 e. The van der Waals surface area contributed by atoms with Crippen molar-refractivity contribution in [2.75, 3.05) is 6.61 Å². The lowest BCUT2D eigenvalue weighted by Gasteiger charge is -2.20. The fraction of sp³-hybridized carbons (Fsp3) is 1.00. The predicted octanol–water partition coefficient (Wildman–Crippen LogP) is 2.50. The van der Waals surface area contributed by atoms with E-state index in [1.54, 1.807) is 0 Å². The topological polar surface area (TPSA) is 9.23 Å². The standard InChI is InChI=1S/C10H22OSi/c1-2-11-12-9-8-10-6-4-3-5-7-10/h10H,2-9,12H2,1H3. The summed E-state index contributed by atoms with van der Waals surface area (Å²) in [7, 11) is -0.134. The molecule has 1 nitrogen and oxygen atoms in total. The Labute approximate surface area is 78.8 Å². The molecule has 0 atom stereocenters. The summed E-state index contributed by atoms with van der Waals surface area (Å²) >= 11 is 0. The van der Waals surface area contributed by atoms with Crippen LogP contribution >= 0.6 is 0 Å². The Morgan fingerprint density at radius 2 is 2.00 bits per heavy atom. The summed E-state index contributed by atoms with van der Waals surface area (Å²) in [6.07, 6.45) is 8.92. The molecule has 1 saturated carbocycles. The number of rotatable bonds is 5. The molecule has 2 heteroatoms. The van der Waals surface area contributed by atoms with Gasteiger partial charge in [0, 0.05) is 6.61 Å². The van der Waals surface area contributed by atoms with E-state index in [-0.39, 0.29) is 9.76 Å². The second-order valence-corrected chi connectivity index (χ2v) is 5.37. The second-order valence-electron chi connectivity index (χ2n) is 3.84. The molecule has 0 N–H and O–H groups in total. The van der Waals surface area contributed by atoms with Gasteiger partial charge in [-0.2, -0.15) is 0 Å². The van der Waals surface area contributed by atoms with Gasteiger partial charge >= 0.3 is 0 Å². The minimum Gasteiger partial charge on any atom is -0.424 e. The average Bonchev–Trinajstić information content (AvgIpc) is 2.14. The third-order valence-corrected chi connectivity index (χ3v) is 4.22. The Morgan fingerprint density at radius 1 is 1.25 bits per heavy atom. The third-order valence-electron chi connectivity index (χ3n) is 2.83. The summed E-state index contributed by atoms with van der Waals surface area (Å²) in [5.41, 5.74) is 0. The van der Waals surface area contributed by atoms with Gasteiger partial charge in [0.1, 0.15) is 0 Å². The van der Waals surface area contributed by atoms with Crippen LogP contribution in [0.3, 0.4) is 0 Å². The molecule has 12 heavy (non-hydrogen) atoms. The summed E-state index contributed by atoms with van der Waals surface area (Å²) in [5.74, 6) is 1.06. The Balaban J connectivity index is 1.91. The van der Waals surface area contributed by atoms with Crippen molar-refractivity contribution in [3.8, 4) is 0 Å². The van der Waals surface area contributed by atoms with E-state index in [0.29, 0.717) is 0 Å². The van der Waals surface area contributed by atoms with Crippen molar-refractivity contribution in [3.05, 3.63) is 0 Å². The molecule has 0 aliphatic heterocycles. The van der Waals surface area contributed by atoms with Gasteiger partial charge in [-0.1, -0.05) is 38.5 Å². The van der Waals surface area contributed by atoms with Crippen LogP contribution in [-0.4, -0.2) is 16.4 Å². The molecule has 0 aromatic rings. The first kappa shape index (κ1) is 10.3. The molecule has 0 unspecified atom stereocenters. The number of hydrogen-bond acceptors (Lipinski definition) is 1. The molecule has 0 heterocycles. The molecular formula is C10H22OSi. The van der Waals surface area contributed by atoms with E-state index < -0.39 is 0 Å². The van der Waals surface area contributed by atoms with Gasteiger partial charge in [0.15, 0.2) is 9.76 Å². The molecule has 0 aromatic heterocycles. The van der Waals surface area contributed by atoms with Crippen LogP contribution in [0, 0.1) is 5.92 Å². The van der Waals surface area contributed by atoms with Gasteiger partial charge in [-0.25, -0.2) is 0 Å². The summed E-state index contributed by atoms with van der Waals surface area (Å²) in [5, 5.41) is 0. The first-order valence-electron chi connectivity index (χ1n) is 5.51. The summed E-state index contributed by atoms with van der Waals surface area (Å²) in [4.78, 5) is 0. The summed E-state index contributed by atoms with van der Waals surface area (Å²) in [6, 6.07) is 1.42. The van der Waals surface area contributed by atoms with E-state index in [4.69, 9.17) is 4.43 Å². The molecule has 0 aromatic carbocycles. The van der Waals surface area contributed by atoms with Crippen LogP contribution in [0.15, 0.2) is 0 Å². The molecule has 0 spiro atoms. The zero-order valence-electron chi connectivity index (χ0n) is 8.35. The van der Waals surface area contributed by atoms with Gasteiger partial charge in [0.05, 0.1) is 0 Å². The van der Waals surface area contributed by atoms with E-state index >= 15 is 0 Å². The highest BCUT2D eigenvalue weighted by atomic mass is 28.2. The van der Waals surface area contributed by atoms with Crippen molar-refractivity contribution in [3.63, 3.8) is 0 Å². The zero-order chi connectivity index (χ0) is 8.65. The second kappa shape index (κ2) is 6.67. The molecule has 1 aliphatic rings. The molecule has 0 bridgehead atoms. The van der Waals surface area contributed by atoms with Crippen LogP contribution in [-0.2, 0) is 4.43 Å². The first-order chi connectivity index (χ1) is 5.93. The Kier molecular flexibility index (Phi) is 5.70. The quantitative estimate of drug-likeness (QED) is 0.473. The molecule has 0 amide bonds. The lowest BCUT2D eigenvalue weighted by Crippen LogP contribution is -2.08. The van der Waals surface area contributed by atoms with E-state index in [9.17, 15) is 0 Å². The van der Waals surface area contributed by atoms with Crippen LogP contribution in [0.2, 0.25) is 6.04 Å².